The first-order valence-electron chi connectivity index (χ1n) is 8.00. The Balaban J connectivity index is 1.87. The molecular weight excluding hydrogens is 319 g/mol. The molecule has 0 bridgehead atoms. The van der Waals surface area contributed by atoms with E-state index in [-0.39, 0.29) is 0 Å². The minimum atomic E-state index is -4.18. The summed E-state index contributed by atoms with van der Waals surface area (Å²) in [5.74, 6) is 0.692. The van der Waals surface area contributed by atoms with E-state index in [2.05, 4.69) is 15.3 Å². The Kier molecular flexibility index (Phi) is 6.04. The van der Waals surface area contributed by atoms with E-state index >= 15 is 0 Å². The number of aliphatic imine (C=N–C) groups is 1. The van der Waals surface area contributed by atoms with Crippen molar-refractivity contribution in [3.8, 4) is 0 Å². The molecule has 8 heteroatoms. The van der Waals surface area contributed by atoms with Crippen molar-refractivity contribution in [3.63, 3.8) is 0 Å². The van der Waals surface area contributed by atoms with Gasteiger partial charge in [-0.2, -0.15) is 13.2 Å². The van der Waals surface area contributed by atoms with Gasteiger partial charge >= 0.3 is 6.18 Å². The van der Waals surface area contributed by atoms with Crippen molar-refractivity contribution in [2.24, 2.45) is 4.99 Å². The van der Waals surface area contributed by atoms with Crippen LogP contribution in [0.25, 0.3) is 0 Å². The highest BCUT2D eigenvalue weighted by molar-refractivity contribution is 5.79. The van der Waals surface area contributed by atoms with Crippen molar-refractivity contribution < 1.29 is 13.2 Å². The summed E-state index contributed by atoms with van der Waals surface area (Å²) in [4.78, 5) is 12.1. The van der Waals surface area contributed by atoms with E-state index in [9.17, 15) is 13.2 Å². The Bertz CT molecular complexity index is 565. The molecule has 0 amide bonds. The molecule has 1 aliphatic rings. The summed E-state index contributed by atoms with van der Waals surface area (Å²) in [7, 11) is 1.68. The molecule has 0 aromatic carbocycles. The largest absolute Gasteiger partial charge is 0.403 e. The maximum atomic E-state index is 12.8. The maximum Gasteiger partial charge on any atom is 0.403 e. The molecule has 2 heterocycles. The monoisotopic (exact) mass is 343 g/mol. The van der Waals surface area contributed by atoms with Crippen LogP contribution >= 0.6 is 0 Å². The van der Waals surface area contributed by atoms with Crippen molar-refractivity contribution in [2.45, 2.75) is 32.6 Å². The van der Waals surface area contributed by atoms with Crippen LogP contribution < -0.4 is 5.32 Å². The zero-order valence-corrected chi connectivity index (χ0v) is 14.3. The summed E-state index contributed by atoms with van der Waals surface area (Å²) in [5.41, 5.74) is 1.85. The number of nitrogens with zero attached hydrogens (tertiary/aromatic N) is 4. The molecule has 1 aliphatic heterocycles. The molecule has 1 unspecified atom stereocenters. The molecule has 1 aromatic rings. The number of piperazine rings is 1. The molecular formula is C16H24F3N5. The van der Waals surface area contributed by atoms with Gasteiger partial charge < -0.3 is 10.2 Å². The van der Waals surface area contributed by atoms with Crippen molar-refractivity contribution in [2.75, 3.05) is 33.2 Å². The lowest BCUT2D eigenvalue weighted by Gasteiger charge is -2.39. The molecule has 0 saturated carbocycles. The summed E-state index contributed by atoms with van der Waals surface area (Å²) in [6, 6.07) is 4.39. The van der Waals surface area contributed by atoms with Crippen LogP contribution in [0.5, 0.6) is 0 Å². The van der Waals surface area contributed by atoms with Gasteiger partial charge in [0.05, 0.1) is 12.2 Å². The highest BCUT2D eigenvalue weighted by atomic mass is 19.4. The van der Waals surface area contributed by atoms with Crippen LogP contribution in [-0.2, 0) is 6.54 Å². The number of nitrogens with one attached hydrogen (secondary N) is 1. The van der Waals surface area contributed by atoms with Crippen LogP contribution in [0, 0.1) is 6.92 Å². The van der Waals surface area contributed by atoms with Gasteiger partial charge in [0, 0.05) is 38.9 Å². The third-order valence-electron chi connectivity index (χ3n) is 4.22. The van der Waals surface area contributed by atoms with Crippen molar-refractivity contribution >= 4 is 5.96 Å². The lowest BCUT2D eigenvalue weighted by molar-refractivity contribution is -0.181. The summed E-state index contributed by atoms with van der Waals surface area (Å²) in [6.45, 7) is 5.44. The predicted molar refractivity (Wildman–Crippen MR) is 87.8 cm³/mol. The molecule has 1 fully saturated rings. The van der Waals surface area contributed by atoms with Gasteiger partial charge in [-0.1, -0.05) is 6.07 Å². The molecule has 5 nitrogen and oxygen atoms in total. The smallest absolute Gasteiger partial charge is 0.351 e. The average molecular weight is 343 g/mol. The standard InChI is InChI=1S/C16H24F3N5/c1-12-5-4-6-14(22-12)11-21-15(20-3)24-9-7-23(8-10-24)13(2)16(17,18)19/h4-6,13H,7-11H2,1-3H3,(H,20,21). The molecule has 1 aromatic heterocycles. The fourth-order valence-corrected chi connectivity index (χ4v) is 2.73. The molecule has 2 rings (SSSR count). The topological polar surface area (TPSA) is 43.8 Å². The quantitative estimate of drug-likeness (QED) is 0.674. The fourth-order valence-electron chi connectivity index (χ4n) is 2.73. The van der Waals surface area contributed by atoms with Gasteiger partial charge in [0.1, 0.15) is 6.04 Å². The van der Waals surface area contributed by atoms with Gasteiger partial charge in [0.2, 0.25) is 0 Å². The number of hydrogen-bond donors (Lipinski definition) is 1. The van der Waals surface area contributed by atoms with Gasteiger partial charge in [-0.3, -0.25) is 14.9 Å². The lowest BCUT2D eigenvalue weighted by atomic mass is 10.2. The first-order chi connectivity index (χ1) is 11.3. The van der Waals surface area contributed by atoms with Crippen LogP contribution in [0.1, 0.15) is 18.3 Å². The van der Waals surface area contributed by atoms with Crippen molar-refractivity contribution in [3.05, 3.63) is 29.6 Å². The van der Waals surface area contributed by atoms with Crippen molar-refractivity contribution in [1.82, 2.24) is 20.1 Å². The van der Waals surface area contributed by atoms with E-state index in [1.807, 2.05) is 30.0 Å². The number of halogens is 3. The first-order valence-corrected chi connectivity index (χ1v) is 8.00. The van der Waals surface area contributed by atoms with Crippen LogP contribution in [0.4, 0.5) is 13.2 Å². The average Bonchev–Trinajstić information content (AvgIpc) is 2.54. The highest BCUT2D eigenvalue weighted by Crippen LogP contribution is 2.25. The second-order valence-corrected chi connectivity index (χ2v) is 5.91. The van der Waals surface area contributed by atoms with E-state index in [1.165, 1.54) is 11.8 Å². The summed E-state index contributed by atoms with van der Waals surface area (Å²) >= 11 is 0. The fraction of sp³-hybridized carbons (Fsp3) is 0.625. The zero-order valence-electron chi connectivity index (χ0n) is 14.3. The minimum absolute atomic E-state index is 0.365. The van der Waals surface area contributed by atoms with Crippen molar-refractivity contribution in [1.29, 1.82) is 0 Å². The Morgan fingerprint density at radius 1 is 1.29 bits per heavy atom. The van der Waals surface area contributed by atoms with E-state index < -0.39 is 12.2 Å². The van der Waals surface area contributed by atoms with E-state index in [0.29, 0.717) is 38.7 Å². The number of guanidine groups is 1. The molecule has 0 aliphatic carbocycles. The minimum Gasteiger partial charge on any atom is -0.351 e. The summed E-state index contributed by atoms with van der Waals surface area (Å²) in [5, 5.41) is 3.23. The summed E-state index contributed by atoms with van der Waals surface area (Å²) < 4.78 is 38.4. The Hall–Kier alpha value is -1.83. The Labute approximate surface area is 140 Å². The van der Waals surface area contributed by atoms with Crippen LogP contribution in [0.15, 0.2) is 23.2 Å². The first kappa shape index (κ1) is 18.5. The van der Waals surface area contributed by atoms with Crippen LogP contribution in [0.2, 0.25) is 0 Å². The molecule has 24 heavy (non-hydrogen) atoms. The van der Waals surface area contributed by atoms with Crippen LogP contribution in [-0.4, -0.2) is 66.2 Å². The molecule has 0 radical (unpaired) electrons. The Morgan fingerprint density at radius 2 is 1.96 bits per heavy atom. The van der Waals surface area contributed by atoms with Gasteiger partial charge in [0.25, 0.3) is 0 Å². The molecule has 1 N–H and O–H groups in total. The van der Waals surface area contributed by atoms with Gasteiger partial charge in [-0.05, 0) is 26.0 Å². The number of rotatable bonds is 3. The molecule has 1 saturated heterocycles. The number of hydrogen-bond acceptors (Lipinski definition) is 3. The third-order valence-corrected chi connectivity index (χ3v) is 4.22. The lowest BCUT2D eigenvalue weighted by Crippen LogP contribution is -2.56. The molecule has 0 spiro atoms. The Morgan fingerprint density at radius 3 is 2.50 bits per heavy atom. The predicted octanol–water partition coefficient (Wildman–Crippen LogP) is 2.03. The second-order valence-electron chi connectivity index (χ2n) is 5.91. The van der Waals surface area contributed by atoms with Gasteiger partial charge in [0.15, 0.2) is 5.96 Å². The van der Waals surface area contributed by atoms with E-state index in [4.69, 9.17) is 0 Å². The molecule has 134 valence electrons. The van der Waals surface area contributed by atoms with Gasteiger partial charge in [-0.15, -0.1) is 0 Å². The number of aryl methyl sites for hydroxylation is 1. The van der Waals surface area contributed by atoms with Gasteiger partial charge in [-0.25, -0.2) is 0 Å². The number of pyridine rings is 1. The summed E-state index contributed by atoms with van der Waals surface area (Å²) in [6.07, 6.45) is -4.18. The highest BCUT2D eigenvalue weighted by Gasteiger charge is 2.41. The maximum absolute atomic E-state index is 12.8. The van der Waals surface area contributed by atoms with Crippen LogP contribution in [0.3, 0.4) is 0 Å². The SMILES string of the molecule is CN=C(NCc1cccc(C)n1)N1CCN(C(C)C(F)(F)F)CC1. The molecule has 1 atom stereocenters. The number of alkyl halides is 3. The zero-order chi connectivity index (χ0) is 17.7. The normalized spacial score (nSPS) is 18.6. The van der Waals surface area contributed by atoms with E-state index in [0.717, 1.165) is 11.4 Å². The second kappa shape index (κ2) is 7.83. The van der Waals surface area contributed by atoms with E-state index in [1.54, 1.807) is 7.05 Å². The number of aromatic nitrogens is 1. The third kappa shape index (κ3) is 4.83.